The standard InChI is InChI=1S/C17H17N5O/c1-23-17-19-7-14(8-20-17)13-3-2-12-4-5-22(16(12)6-13)10-15-9-18-11-21-15/h2-3,6-9,11H,4-5,10H2,1H3,(H,18,21). The zero-order valence-electron chi connectivity index (χ0n) is 12.9. The van der Waals surface area contributed by atoms with Gasteiger partial charge in [-0.1, -0.05) is 12.1 Å². The van der Waals surface area contributed by atoms with Crippen LogP contribution < -0.4 is 9.64 Å². The van der Waals surface area contributed by atoms with Crippen LogP contribution in [0.4, 0.5) is 5.69 Å². The number of hydrogen-bond acceptors (Lipinski definition) is 5. The molecular weight excluding hydrogens is 290 g/mol. The minimum atomic E-state index is 0.385. The lowest BCUT2D eigenvalue weighted by molar-refractivity contribution is 0.380. The van der Waals surface area contributed by atoms with E-state index in [0.29, 0.717) is 6.01 Å². The summed E-state index contributed by atoms with van der Waals surface area (Å²) >= 11 is 0. The van der Waals surface area contributed by atoms with Crippen molar-refractivity contribution in [3.8, 4) is 17.1 Å². The van der Waals surface area contributed by atoms with Gasteiger partial charge in [-0.2, -0.15) is 0 Å². The number of benzene rings is 1. The first-order valence-electron chi connectivity index (χ1n) is 7.55. The van der Waals surface area contributed by atoms with Crippen LogP contribution in [0.2, 0.25) is 0 Å². The Balaban J connectivity index is 1.64. The first-order valence-corrected chi connectivity index (χ1v) is 7.55. The van der Waals surface area contributed by atoms with Crippen molar-refractivity contribution in [2.45, 2.75) is 13.0 Å². The second kappa shape index (κ2) is 5.72. The highest BCUT2D eigenvalue weighted by molar-refractivity contribution is 5.71. The molecule has 0 amide bonds. The third-order valence-corrected chi connectivity index (χ3v) is 4.14. The number of H-pyrrole nitrogens is 1. The summed E-state index contributed by atoms with van der Waals surface area (Å²) in [6.07, 6.45) is 8.25. The lowest BCUT2D eigenvalue weighted by Gasteiger charge is -2.19. The van der Waals surface area contributed by atoms with Gasteiger partial charge in [0.2, 0.25) is 0 Å². The molecule has 3 heterocycles. The molecule has 0 fully saturated rings. The van der Waals surface area contributed by atoms with E-state index in [2.05, 4.69) is 43.0 Å². The van der Waals surface area contributed by atoms with Crippen molar-refractivity contribution in [3.05, 3.63) is 54.4 Å². The quantitative estimate of drug-likeness (QED) is 0.802. The van der Waals surface area contributed by atoms with Gasteiger partial charge in [0.05, 0.1) is 25.7 Å². The Morgan fingerprint density at radius 1 is 1.17 bits per heavy atom. The Hall–Kier alpha value is -2.89. The third-order valence-electron chi connectivity index (χ3n) is 4.14. The maximum absolute atomic E-state index is 5.02. The smallest absolute Gasteiger partial charge is 0.316 e. The second-order valence-electron chi connectivity index (χ2n) is 5.55. The molecule has 1 N–H and O–H groups in total. The number of imidazole rings is 1. The molecule has 3 aromatic rings. The SMILES string of the molecule is COc1ncc(-c2ccc3c(c2)N(Cc2cnc[nH]2)CC3)cn1. The van der Waals surface area contributed by atoms with Gasteiger partial charge < -0.3 is 14.6 Å². The van der Waals surface area contributed by atoms with Crippen LogP contribution in [0.5, 0.6) is 6.01 Å². The number of nitrogens with one attached hydrogen (secondary N) is 1. The average molecular weight is 307 g/mol. The third kappa shape index (κ3) is 2.63. The molecule has 0 unspecified atom stereocenters. The Labute approximate surface area is 134 Å². The summed E-state index contributed by atoms with van der Waals surface area (Å²) in [5.41, 5.74) is 5.87. The molecule has 0 atom stereocenters. The number of ether oxygens (including phenoxy) is 1. The van der Waals surface area contributed by atoms with Crippen LogP contribution in [0.15, 0.2) is 43.1 Å². The predicted molar refractivity (Wildman–Crippen MR) is 87.4 cm³/mol. The van der Waals surface area contributed by atoms with Gasteiger partial charge in [0, 0.05) is 36.4 Å². The fraction of sp³-hybridized carbons (Fsp3) is 0.235. The van der Waals surface area contributed by atoms with E-state index >= 15 is 0 Å². The lowest BCUT2D eigenvalue weighted by Crippen LogP contribution is -2.19. The highest BCUT2D eigenvalue weighted by Crippen LogP contribution is 2.33. The molecule has 1 aliphatic heterocycles. The number of hydrogen-bond donors (Lipinski definition) is 1. The fourth-order valence-electron chi connectivity index (χ4n) is 2.94. The molecule has 0 saturated carbocycles. The molecule has 0 radical (unpaired) electrons. The van der Waals surface area contributed by atoms with E-state index in [0.717, 1.165) is 36.3 Å². The molecule has 4 rings (SSSR count). The van der Waals surface area contributed by atoms with Crippen LogP contribution >= 0.6 is 0 Å². The van der Waals surface area contributed by atoms with E-state index in [-0.39, 0.29) is 0 Å². The summed E-state index contributed by atoms with van der Waals surface area (Å²) in [7, 11) is 1.57. The topological polar surface area (TPSA) is 66.9 Å². The van der Waals surface area contributed by atoms with E-state index in [9.17, 15) is 0 Å². The van der Waals surface area contributed by atoms with Crippen LogP contribution in [-0.2, 0) is 13.0 Å². The first-order chi connectivity index (χ1) is 11.3. The highest BCUT2D eigenvalue weighted by atomic mass is 16.5. The van der Waals surface area contributed by atoms with Gasteiger partial charge in [-0.05, 0) is 23.6 Å². The summed E-state index contributed by atoms with van der Waals surface area (Å²) in [5.74, 6) is 0. The first kappa shape index (κ1) is 13.8. The molecule has 0 spiro atoms. The maximum Gasteiger partial charge on any atom is 0.316 e. The van der Waals surface area contributed by atoms with E-state index in [1.54, 1.807) is 25.8 Å². The minimum Gasteiger partial charge on any atom is -0.467 e. The Kier molecular flexibility index (Phi) is 3.42. The monoisotopic (exact) mass is 307 g/mol. The zero-order valence-corrected chi connectivity index (χ0v) is 12.9. The number of methoxy groups -OCH3 is 1. The van der Waals surface area contributed by atoms with Gasteiger partial charge >= 0.3 is 6.01 Å². The minimum absolute atomic E-state index is 0.385. The van der Waals surface area contributed by atoms with Crippen molar-refractivity contribution in [1.82, 2.24) is 19.9 Å². The molecule has 116 valence electrons. The van der Waals surface area contributed by atoms with Crippen molar-refractivity contribution >= 4 is 5.69 Å². The molecular formula is C17H17N5O. The van der Waals surface area contributed by atoms with Gasteiger partial charge in [0.15, 0.2) is 0 Å². The largest absolute Gasteiger partial charge is 0.467 e. The van der Waals surface area contributed by atoms with E-state index < -0.39 is 0 Å². The van der Waals surface area contributed by atoms with Crippen LogP contribution in [0.1, 0.15) is 11.3 Å². The van der Waals surface area contributed by atoms with Crippen LogP contribution in [0, 0.1) is 0 Å². The number of nitrogens with zero attached hydrogens (tertiary/aromatic N) is 4. The number of aromatic amines is 1. The molecule has 2 aromatic heterocycles. The molecule has 0 aliphatic carbocycles. The summed E-state index contributed by atoms with van der Waals surface area (Å²) < 4.78 is 5.02. The van der Waals surface area contributed by atoms with E-state index in [4.69, 9.17) is 4.74 Å². The lowest BCUT2D eigenvalue weighted by atomic mass is 10.0. The van der Waals surface area contributed by atoms with Crippen LogP contribution in [0.25, 0.3) is 11.1 Å². The van der Waals surface area contributed by atoms with Gasteiger partial charge in [0.25, 0.3) is 0 Å². The van der Waals surface area contributed by atoms with E-state index in [1.807, 2.05) is 6.20 Å². The van der Waals surface area contributed by atoms with E-state index in [1.165, 1.54) is 11.3 Å². The van der Waals surface area contributed by atoms with Crippen LogP contribution in [-0.4, -0.2) is 33.6 Å². The second-order valence-corrected chi connectivity index (χ2v) is 5.55. The van der Waals surface area contributed by atoms with Gasteiger partial charge in [-0.15, -0.1) is 0 Å². The van der Waals surface area contributed by atoms with Crippen molar-refractivity contribution in [2.24, 2.45) is 0 Å². The number of rotatable bonds is 4. The summed E-state index contributed by atoms with van der Waals surface area (Å²) in [4.78, 5) is 18.0. The van der Waals surface area contributed by atoms with Gasteiger partial charge in [-0.25, -0.2) is 15.0 Å². The molecule has 6 nitrogen and oxygen atoms in total. The summed E-state index contributed by atoms with van der Waals surface area (Å²) in [6.45, 7) is 1.87. The number of fused-ring (bicyclic) bond motifs is 1. The number of anilines is 1. The van der Waals surface area contributed by atoms with Gasteiger partial charge in [-0.3, -0.25) is 0 Å². The fourth-order valence-corrected chi connectivity index (χ4v) is 2.94. The average Bonchev–Trinajstić information content (AvgIpc) is 3.25. The highest BCUT2D eigenvalue weighted by Gasteiger charge is 2.20. The van der Waals surface area contributed by atoms with Crippen molar-refractivity contribution in [2.75, 3.05) is 18.6 Å². The molecule has 0 saturated heterocycles. The van der Waals surface area contributed by atoms with Crippen molar-refractivity contribution in [3.63, 3.8) is 0 Å². The Morgan fingerprint density at radius 3 is 2.78 bits per heavy atom. The predicted octanol–water partition coefficient (Wildman–Crippen LogP) is 2.44. The summed E-state index contributed by atoms with van der Waals surface area (Å²) in [6, 6.07) is 6.92. The zero-order chi connectivity index (χ0) is 15.6. The van der Waals surface area contributed by atoms with Crippen molar-refractivity contribution < 1.29 is 4.74 Å². The van der Waals surface area contributed by atoms with Gasteiger partial charge in [0.1, 0.15) is 0 Å². The molecule has 0 bridgehead atoms. The maximum atomic E-state index is 5.02. The normalized spacial score (nSPS) is 13.2. The van der Waals surface area contributed by atoms with Crippen LogP contribution in [0.3, 0.4) is 0 Å². The Bertz CT molecular complexity index is 798. The summed E-state index contributed by atoms with van der Waals surface area (Å²) in [5, 5.41) is 0. The molecule has 23 heavy (non-hydrogen) atoms. The molecule has 6 heteroatoms. The molecule has 1 aliphatic rings. The Morgan fingerprint density at radius 2 is 2.04 bits per heavy atom. The van der Waals surface area contributed by atoms with Crippen molar-refractivity contribution in [1.29, 1.82) is 0 Å². The molecule has 1 aromatic carbocycles. The number of aromatic nitrogens is 4.